The average molecular weight is 228 g/mol. The van der Waals surface area contributed by atoms with Crippen LogP contribution in [0.2, 0.25) is 0 Å². The summed E-state index contributed by atoms with van der Waals surface area (Å²) in [6.07, 6.45) is 3.13. The van der Waals surface area contributed by atoms with Crippen molar-refractivity contribution in [1.29, 1.82) is 0 Å². The number of aromatic nitrogens is 1. The third kappa shape index (κ3) is 3.36. The largest absolute Gasteiger partial charge is 0.359 e. The average Bonchev–Trinajstić information content (AvgIpc) is 2.72. The molecule has 0 aromatic carbocycles. The first kappa shape index (κ1) is 12.3. The number of nitrogens with one attached hydrogen (secondary N) is 1. The zero-order valence-electron chi connectivity index (χ0n) is 9.02. The molecule has 1 saturated heterocycles. The molecule has 0 radical (unpaired) electrons. The number of rotatable bonds is 3. The minimum atomic E-state index is 0. The van der Waals surface area contributed by atoms with Crippen LogP contribution in [0.5, 0.6) is 0 Å². The quantitative estimate of drug-likeness (QED) is 0.850. The van der Waals surface area contributed by atoms with E-state index in [-0.39, 0.29) is 12.4 Å². The Bertz CT molecular complexity index is 272. The van der Waals surface area contributed by atoms with Gasteiger partial charge in [0.05, 0.1) is 0 Å². The molecule has 2 rings (SSSR count). The Balaban J connectivity index is 0.00000112. The van der Waals surface area contributed by atoms with Crippen LogP contribution in [-0.4, -0.2) is 31.7 Å². The summed E-state index contributed by atoms with van der Waals surface area (Å²) in [5.41, 5.74) is 0. The van der Waals surface area contributed by atoms with Crippen molar-refractivity contribution < 1.29 is 0 Å². The minimum absolute atomic E-state index is 0. The Morgan fingerprint density at radius 2 is 2.40 bits per heavy atom. The second-order valence-electron chi connectivity index (χ2n) is 3.93. The molecular weight excluding hydrogens is 210 g/mol. The summed E-state index contributed by atoms with van der Waals surface area (Å²) in [5, 5.41) is 3.38. The first-order chi connectivity index (χ1) is 6.86. The molecule has 84 valence electrons. The fraction of sp³-hybridized carbons (Fsp3) is 0.545. The van der Waals surface area contributed by atoms with Gasteiger partial charge in [-0.3, -0.25) is 0 Å². The molecule has 0 saturated carbocycles. The fourth-order valence-electron chi connectivity index (χ4n) is 1.93. The van der Waals surface area contributed by atoms with Gasteiger partial charge in [-0.15, -0.1) is 12.4 Å². The van der Waals surface area contributed by atoms with Crippen LogP contribution in [0.15, 0.2) is 24.4 Å². The van der Waals surface area contributed by atoms with E-state index < -0.39 is 0 Å². The predicted octanol–water partition coefficient (Wildman–Crippen LogP) is 1.55. The lowest BCUT2D eigenvalue weighted by atomic mass is 10.1. The fourth-order valence-corrected chi connectivity index (χ4v) is 1.93. The second kappa shape index (κ2) is 5.93. The lowest BCUT2D eigenvalue weighted by molar-refractivity contribution is 0.576. The smallest absolute Gasteiger partial charge is 0.128 e. The highest BCUT2D eigenvalue weighted by molar-refractivity contribution is 5.85. The Labute approximate surface area is 97.3 Å². The van der Waals surface area contributed by atoms with E-state index in [9.17, 15) is 0 Å². The predicted molar refractivity (Wildman–Crippen MR) is 65.7 cm³/mol. The van der Waals surface area contributed by atoms with Crippen LogP contribution in [0, 0.1) is 5.92 Å². The summed E-state index contributed by atoms with van der Waals surface area (Å²) in [6, 6.07) is 6.04. The Morgan fingerprint density at radius 1 is 1.53 bits per heavy atom. The molecule has 4 heteroatoms. The highest BCUT2D eigenvalue weighted by Gasteiger charge is 2.16. The van der Waals surface area contributed by atoms with Gasteiger partial charge in [0.25, 0.3) is 0 Å². The maximum absolute atomic E-state index is 4.33. The van der Waals surface area contributed by atoms with Crippen LogP contribution in [-0.2, 0) is 0 Å². The zero-order chi connectivity index (χ0) is 9.80. The van der Waals surface area contributed by atoms with Crippen LogP contribution in [0.1, 0.15) is 6.42 Å². The summed E-state index contributed by atoms with van der Waals surface area (Å²) in [4.78, 5) is 6.56. The van der Waals surface area contributed by atoms with Crippen molar-refractivity contribution in [2.75, 3.05) is 31.6 Å². The first-order valence-electron chi connectivity index (χ1n) is 5.19. The van der Waals surface area contributed by atoms with Gasteiger partial charge in [-0.2, -0.15) is 0 Å². The SMILES string of the molecule is CN(CC1CCNC1)c1ccccn1.Cl. The van der Waals surface area contributed by atoms with E-state index in [4.69, 9.17) is 0 Å². The number of hydrogen-bond acceptors (Lipinski definition) is 3. The maximum Gasteiger partial charge on any atom is 0.128 e. The lowest BCUT2D eigenvalue weighted by Crippen LogP contribution is -2.27. The van der Waals surface area contributed by atoms with Crippen molar-refractivity contribution in [2.24, 2.45) is 5.92 Å². The minimum Gasteiger partial charge on any atom is -0.359 e. The van der Waals surface area contributed by atoms with Gasteiger partial charge in [0.2, 0.25) is 0 Å². The summed E-state index contributed by atoms with van der Waals surface area (Å²) in [6.45, 7) is 3.42. The Kier molecular flexibility index (Phi) is 4.85. The molecule has 1 atom stereocenters. The van der Waals surface area contributed by atoms with Gasteiger partial charge in [-0.1, -0.05) is 6.07 Å². The number of nitrogens with zero attached hydrogens (tertiary/aromatic N) is 2. The van der Waals surface area contributed by atoms with Gasteiger partial charge >= 0.3 is 0 Å². The third-order valence-electron chi connectivity index (χ3n) is 2.73. The Morgan fingerprint density at radius 3 is 3.00 bits per heavy atom. The maximum atomic E-state index is 4.33. The van der Waals surface area contributed by atoms with E-state index in [2.05, 4.69) is 28.3 Å². The molecule has 0 amide bonds. The molecule has 0 bridgehead atoms. The molecule has 3 nitrogen and oxygen atoms in total. The third-order valence-corrected chi connectivity index (χ3v) is 2.73. The number of hydrogen-bond donors (Lipinski definition) is 1. The van der Waals surface area contributed by atoms with Gasteiger partial charge in [0.1, 0.15) is 5.82 Å². The molecule has 0 spiro atoms. The normalized spacial score (nSPS) is 19.7. The van der Waals surface area contributed by atoms with Gasteiger partial charge in [0.15, 0.2) is 0 Å². The van der Waals surface area contributed by atoms with Crippen LogP contribution < -0.4 is 10.2 Å². The molecule has 1 aliphatic heterocycles. The molecule has 1 N–H and O–H groups in total. The van der Waals surface area contributed by atoms with Crippen molar-refractivity contribution in [3.05, 3.63) is 24.4 Å². The molecule has 15 heavy (non-hydrogen) atoms. The van der Waals surface area contributed by atoms with Gasteiger partial charge in [-0.05, 0) is 37.6 Å². The van der Waals surface area contributed by atoms with E-state index in [1.54, 1.807) is 0 Å². The lowest BCUT2D eigenvalue weighted by Gasteiger charge is -2.21. The highest BCUT2D eigenvalue weighted by Crippen LogP contribution is 2.13. The standard InChI is InChI=1S/C11H17N3.ClH/c1-14(9-10-5-7-12-8-10)11-4-2-3-6-13-11;/h2-4,6,10,12H,5,7-9H2,1H3;1H. The van der Waals surface area contributed by atoms with Crippen LogP contribution in [0.4, 0.5) is 5.82 Å². The first-order valence-corrected chi connectivity index (χ1v) is 5.19. The number of pyridine rings is 1. The highest BCUT2D eigenvalue weighted by atomic mass is 35.5. The number of anilines is 1. The van der Waals surface area contributed by atoms with Crippen molar-refractivity contribution in [2.45, 2.75) is 6.42 Å². The molecule has 1 aromatic heterocycles. The van der Waals surface area contributed by atoms with Crippen molar-refractivity contribution in [1.82, 2.24) is 10.3 Å². The molecule has 0 aliphatic carbocycles. The summed E-state index contributed by atoms with van der Waals surface area (Å²) >= 11 is 0. The van der Waals surface area contributed by atoms with Gasteiger partial charge < -0.3 is 10.2 Å². The number of halogens is 1. The summed E-state index contributed by atoms with van der Waals surface area (Å²) in [7, 11) is 2.11. The van der Waals surface area contributed by atoms with E-state index in [1.807, 2.05) is 18.3 Å². The molecule has 1 aromatic rings. The van der Waals surface area contributed by atoms with Crippen LogP contribution in [0.25, 0.3) is 0 Å². The van der Waals surface area contributed by atoms with Crippen molar-refractivity contribution in [3.63, 3.8) is 0 Å². The van der Waals surface area contributed by atoms with Crippen LogP contribution >= 0.6 is 12.4 Å². The van der Waals surface area contributed by atoms with Gasteiger partial charge in [-0.25, -0.2) is 4.98 Å². The van der Waals surface area contributed by atoms with E-state index in [0.717, 1.165) is 24.8 Å². The topological polar surface area (TPSA) is 28.2 Å². The van der Waals surface area contributed by atoms with Crippen molar-refractivity contribution >= 4 is 18.2 Å². The molecule has 2 heterocycles. The molecule has 1 aliphatic rings. The monoisotopic (exact) mass is 227 g/mol. The summed E-state index contributed by atoms with van der Waals surface area (Å²) in [5.74, 6) is 1.85. The molecule has 1 fully saturated rings. The van der Waals surface area contributed by atoms with Gasteiger partial charge in [0, 0.05) is 19.8 Å². The van der Waals surface area contributed by atoms with E-state index in [0.29, 0.717) is 0 Å². The zero-order valence-corrected chi connectivity index (χ0v) is 9.83. The second-order valence-corrected chi connectivity index (χ2v) is 3.93. The van der Waals surface area contributed by atoms with Crippen molar-refractivity contribution in [3.8, 4) is 0 Å². The Hall–Kier alpha value is -0.800. The van der Waals surface area contributed by atoms with E-state index >= 15 is 0 Å². The van der Waals surface area contributed by atoms with Crippen LogP contribution in [0.3, 0.4) is 0 Å². The van der Waals surface area contributed by atoms with E-state index in [1.165, 1.54) is 13.0 Å². The molecule has 1 unspecified atom stereocenters. The summed E-state index contributed by atoms with van der Waals surface area (Å²) < 4.78 is 0. The molecular formula is C11H18ClN3.